The number of nitro benzene ring substituents is 1. The normalized spacial score (nSPS) is 15.3. The number of benzene rings is 1. The first-order valence-corrected chi connectivity index (χ1v) is 7.13. The van der Waals surface area contributed by atoms with Crippen molar-refractivity contribution in [1.82, 2.24) is 4.98 Å². The van der Waals surface area contributed by atoms with Crippen molar-refractivity contribution in [2.45, 2.75) is 0 Å². The summed E-state index contributed by atoms with van der Waals surface area (Å²) in [7, 11) is 0. The summed E-state index contributed by atoms with van der Waals surface area (Å²) in [6, 6.07) is 5.19. The molecule has 0 spiro atoms. The van der Waals surface area contributed by atoms with Crippen LogP contribution in [0.15, 0.2) is 29.9 Å². The van der Waals surface area contributed by atoms with Crippen LogP contribution < -0.4 is 4.90 Å². The molecule has 2 aromatic rings. The second-order valence-corrected chi connectivity index (χ2v) is 5.35. The van der Waals surface area contributed by atoms with Gasteiger partial charge in [0.2, 0.25) is 0 Å². The van der Waals surface area contributed by atoms with Gasteiger partial charge in [-0.25, -0.2) is 0 Å². The SMILES string of the molecule is O=[N+]([O-])c1cc(-c2cncs2)cc(N2CCOCC2)c1. The molecular weight excluding hydrogens is 278 g/mol. The van der Waals surface area contributed by atoms with Crippen molar-refractivity contribution >= 4 is 22.7 Å². The van der Waals surface area contributed by atoms with Crippen LogP contribution in [0.5, 0.6) is 0 Å². The fourth-order valence-corrected chi connectivity index (χ4v) is 2.82. The molecule has 1 aromatic carbocycles. The van der Waals surface area contributed by atoms with E-state index in [-0.39, 0.29) is 10.6 Å². The van der Waals surface area contributed by atoms with Crippen LogP contribution in [-0.4, -0.2) is 36.2 Å². The first-order valence-electron chi connectivity index (χ1n) is 6.25. The highest BCUT2D eigenvalue weighted by atomic mass is 32.1. The monoisotopic (exact) mass is 291 g/mol. The predicted octanol–water partition coefficient (Wildman–Crippen LogP) is 2.55. The number of aromatic nitrogens is 1. The van der Waals surface area contributed by atoms with Crippen molar-refractivity contribution in [3.05, 3.63) is 40.0 Å². The number of anilines is 1. The molecule has 1 aliphatic heterocycles. The summed E-state index contributed by atoms with van der Waals surface area (Å²) in [6.07, 6.45) is 1.73. The van der Waals surface area contributed by atoms with Crippen LogP contribution >= 0.6 is 11.3 Å². The lowest BCUT2D eigenvalue weighted by atomic mass is 10.1. The van der Waals surface area contributed by atoms with Crippen LogP contribution in [0.4, 0.5) is 11.4 Å². The van der Waals surface area contributed by atoms with E-state index in [1.165, 1.54) is 11.3 Å². The Morgan fingerprint density at radius 3 is 2.75 bits per heavy atom. The van der Waals surface area contributed by atoms with E-state index in [1.807, 2.05) is 6.07 Å². The highest BCUT2D eigenvalue weighted by Gasteiger charge is 2.17. The standard InChI is InChI=1S/C13H13N3O3S/c17-16(18)12-6-10(13-8-14-9-20-13)5-11(7-12)15-1-3-19-4-2-15/h5-9H,1-4H2. The number of non-ortho nitro benzene ring substituents is 1. The Morgan fingerprint density at radius 2 is 2.10 bits per heavy atom. The van der Waals surface area contributed by atoms with Crippen molar-refractivity contribution in [2.75, 3.05) is 31.2 Å². The molecule has 0 saturated carbocycles. The predicted molar refractivity (Wildman–Crippen MR) is 77.2 cm³/mol. The Kier molecular flexibility index (Phi) is 3.62. The number of ether oxygens (including phenoxy) is 1. The van der Waals surface area contributed by atoms with Crippen LogP contribution in [0.2, 0.25) is 0 Å². The highest BCUT2D eigenvalue weighted by Crippen LogP contribution is 2.32. The van der Waals surface area contributed by atoms with Crippen molar-refractivity contribution < 1.29 is 9.66 Å². The summed E-state index contributed by atoms with van der Waals surface area (Å²) in [5.41, 5.74) is 3.54. The van der Waals surface area contributed by atoms with Gasteiger partial charge in [0.05, 0.1) is 28.5 Å². The molecule has 1 aliphatic rings. The molecule has 6 nitrogen and oxygen atoms in total. The molecule has 104 valence electrons. The Labute approximate surface area is 119 Å². The van der Waals surface area contributed by atoms with E-state index in [0.717, 1.165) is 29.2 Å². The molecule has 0 bridgehead atoms. The fraction of sp³-hybridized carbons (Fsp3) is 0.308. The van der Waals surface area contributed by atoms with Gasteiger partial charge in [-0.1, -0.05) is 0 Å². The lowest BCUT2D eigenvalue weighted by molar-refractivity contribution is -0.384. The van der Waals surface area contributed by atoms with E-state index in [2.05, 4.69) is 9.88 Å². The summed E-state index contributed by atoms with van der Waals surface area (Å²) < 4.78 is 5.32. The Balaban J connectivity index is 2.02. The molecule has 1 aromatic heterocycles. The van der Waals surface area contributed by atoms with Gasteiger partial charge in [-0.05, 0) is 6.07 Å². The van der Waals surface area contributed by atoms with Crippen LogP contribution in [0, 0.1) is 10.1 Å². The van der Waals surface area contributed by atoms with Gasteiger partial charge < -0.3 is 9.64 Å². The molecule has 3 rings (SSSR count). The quantitative estimate of drug-likeness (QED) is 0.642. The van der Waals surface area contributed by atoms with Crippen molar-refractivity contribution in [3.63, 3.8) is 0 Å². The molecule has 2 heterocycles. The molecule has 1 fully saturated rings. The third-order valence-corrected chi connectivity index (χ3v) is 4.03. The largest absolute Gasteiger partial charge is 0.378 e. The molecule has 0 N–H and O–H groups in total. The lowest BCUT2D eigenvalue weighted by Crippen LogP contribution is -2.36. The molecule has 0 amide bonds. The molecule has 0 atom stereocenters. The van der Waals surface area contributed by atoms with E-state index < -0.39 is 0 Å². The Bertz CT molecular complexity index is 609. The van der Waals surface area contributed by atoms with Gasteiger partial charge in [0.25, 0.3) is 5.69 Å². The van der Waals surface area contributed by atoms with E-state index in [9.17, 15) is 10.1 Å². The number of hydrogen-bond donors (Lipinski definition) is 0. The van der Waals surface area contributed by atoms with Crippen LogP contribution in [-0.2, 0) is 4.74 Å². The summed E-state index contributed by atoms with van der Waals surface area (Å²) in [5.74, 6) is 0. The number of nitrogens with zero attached hydrogens (tertiary/aromatic N) is 3. The molecule has 7 heteroatoms. The zero-order valence-electron chi connectivity index (χ0n) is 10.7. The first-order chi connectivity index (χ1) is 9.74. The smallest absolute Gasteiger partial charge is 0.272 e. The molecular formula is C13H13N3O3S. The molecule has 0 unspecified atom stereocenters. The van der Waals surface area contributed by atoms with E-state index in [4.69, 9.17) is 4.74 Å². The van der Waals surface area contributed by atoms with Gasteiger partial charge in [0.1, 0.15) is 0 Å². The number of rotatable bonds is 3. The Morgan fingerprint density at radius 1 is 1.30 bits per heavy atom. The minimum atomic E-state index is -0.353. The van der Waals surface area contributed by atoms with Crippen LogP contribution in [0.1, 0.15) is 0 Å². The minimum Gasteiger partial charge on any atom is -0.378 e. The minimum absolute atomic E-state index is 0.109. The fourth-order valence-electron chi connectivity index (χ4n) is 2.21. The van der Waals surface area contributed by atoms with E-state index in [0.29, 0.717) is 13.2 Å². The molecule has 0 aliphatic carbocycles. The number of nitro groups is 1. The summed E-state index contributed by atoms with van der Waals surface area (Å²) in [4.78, 5) is 17.8. The van der Waals surface area contributed by atoms with Gasteiger partial charge in [0, 0.05) is 42.7 Å². The maximum Gasteiger partial charge on any atom is 0.272 e. The summed E-state index contributed by atoms with van der Waals surface area (Å²) >= 11 is 1.47. The zero-order chi connectivity index (χ0) is 13.9. The zero-order valence-corrected chi connectivity index (χ0v) is 11.5. The van der Waals surface area contributed by atoms with Gasteiger partial charge in [0.15, 0.2) is 0 Å². The second kappa shape index (κ2) is 5.56. The average Bonchev–Trinajstić information content (AvgIpc) is 3.02. The summed E-state index contributed by atoms with van der Waals surface area (Å²) in [5, 5.41) is 11.1. The third-order valence-electron chi connectivity index (χ3n) is 3.21. The van der Waals surface area contributed by atoms with Crippen molar-refractivity contribution in [2.24, 2.45) is 0 Å². The third kappa shape index (κ3) is 2.63. The second-order valence-electron chi connectivity index (χ2n) is 4.46. The van der Waals surface area contributed by atoms with Gasteiger partial charge >= 0.3 is 0 Å². The molecule has 0 radical (unpaired) electrons. The maximum absolute atomic E-state index is 11.1. The van der Waals surface area contributed by atoms with Crippen LogP contribution in [0.25, 0.3) is 10.4 Å². The molecule has 1 saturated heterocycles. The average molecular weight is 291 g/mol. The first kappa shape index (κ1) is 13.0. The highest BCUT2D eigenvalue weighted by molar-refractivity contribution is 7.13. The Hall–Kier alpha value is -1.99. The number of morpholine rings is 1. The number of thiazole rings is 1. The maximum atomic E-state index is 11.1. The lowest BCUT2D eigenvalue weighted by Gasteiger charge is -2.29. The van der Waals surface area contributed by atoms with Gasteiger partial charge in [-0.3, -0.25) is 15.1 Å². The van der Waals surface area contributed by atoms with Gasteiger partial charge in [-0.15, -0.1) is 11.3 Å². The van der Waals surface area contributed by atoms with Crippen molar-refractivity contribution in [3.8, 4) is 10.4 Å². The topological polar surface area (TPSA) is 68.5 Å². The van der Waals surface area contributed by atoms with E-state index in [1.54, 1.807) is 23.8 Å². The molecule has 20 heavy (non-hydrogen) atoms. The van der Waals surface area contributed by atoms with Crippen molar-refractivity contribution in [1.29, 1.82) is 0 Å². The van der Waals surface area contributed by atoms with E-state index >= 15 is 0 Å². The summed E-state index contributed by atoms with van der Waals surface area (Å²) in [6.45, 7) is 2.81. The number of hydrogen-bond acceptors (Lipinski definition) is 6. The van der Waals surface area contributed by atoms with Crippen LogP contribution in [0.3, 0.4) is 0 Å². The van der Waals surface area contributed by atoms with Gasteiger partial charge in [-0.2, -0.15) is 0 Å².